The van der Waals surface area contributed by atoms with E-state index in [9.17, 15) is 14.4 Å². The van der Waals surface area contributed by atoms with Gasteiger partial charge in [0.05, 0.1) is 24.9 Å². The topological polar surface area (TPSA) is 63.7 Å². The molecular weight excluding hydrogens is 306 g/mol. The number of nitrogens with zero attached hydrogens (tertiary/aromatic N) is 1. The van der Waals surface area contributed by atoms with Gasteiger partial charge in [0.25, 0.3) is 11.7 Å². The third kappa shape index (κ3) is 2.96. The number of amides is 1. The van der Waals surface area contributed by atoms with Gasteiger partial charge in [0, 0.05) is 6.08 Å². The van der Waals surface area contributed by atoms with E-state index in [1.165, 1.54) is 18.1 Å². The van der Waals surface area contributed by atoms with E-state index in [1.807, 2.05) is 30.3 Å². The summed E-state index contributed by atoms with van der Waals surface area (Å²) >= 11 is 0. The van der Waals surface area contributed by atoms with Crippen LogP contribution in [-0.4, -0.2) is 24.8 Å². The van der Waals surface area contributed by atoms with Crippen molar-refractivity contribution in [3.8, 4) is 0 Å². The van der Waals surface area contributed by atoms with Crippen LogP contribution in [0.1, 0.15) is 21.5 Å². The molecule has 0 aliphatic carbocycles. The average molecular weight is 321 g/mol. The highest BCUT2D eigenvalue weighted by Gasteiger charge is 2.35. The lowest BCUT2D eigenvalue weighted by Crippen LogP contribution is -2.29. The van der Waals surface area contributed by atoms with E-state index < -0.39 is 17.7 Å². The Hall–Kier alpha value is -3.21. The van der Waals surface area contributed by atoms with Gasteiger partial charge in [-0.3, -0.25) is 9.59 Å². The molecule has 1 aliphatic rings. The van der Waals surface area contributed by atoms with E-state index in [0.717, 1.165) is 5.56 Å². The highest BCUT2D eigenvalue weighted by molar-refractivity contribution is 6.52. The summed E-state index contributed by atoms with van der Waals surface area (Å²) < 4.78 is 4.53. The number of fused-ring (bicyclic) bond motifs is 1. The summed E-state index contributed by atoms with van der Waals surface area (Å²) in [5.41, 5.74) is 2.54. The minimum absolute atomic E-state index is 0.343. The number of hydrogen-bond donors (Lipinski definition) is 0. The third-order valence-electron chi connectivity index (χ3n) is 3.79. The Kier molecular flexibility index (Phi) is 4.24. The molecule has 24 heavy (non-hydrogen) atoms. The SMILES string of the molecule is COC(=O)/C=C/c1ccc2c(c1)C(=O)C(=O)N2Cc1ccccc1. The smallest absolute Gasteiger partial charge is 0.330 e. The van der Waals surface area contributed by atoms with Crippen molar-refractivity contribution in [3.05, 3.63) is 71.3 Å². The molecule has 1 heterocycles. The second-order valence-electron chi connectivity index (χ2n) is 5.34. The van der Waals surface area contributed by atoms with Crippen LogP contribution in [-0.2, 0) is 20.9 Å². The molecule has 0 bridgehead atoms. The molecule has 0 radical (unpaired) electrons. The zero-order valence-corrected chi connectivity index (χ0v) is 13.1. The normalized spacial score (nSPS) is 13.5. The second kappa shape index (κ2) is 6.50. The molecule has 0 spiro atoms. The van der Waals surface area contributed by atoms with Crippen LogP contribution in [0.4, 0.5) is 5.69 Å². The van der Waals surface area contributed by atoms with Crippen molar-refractivity contribution in [2.24, 2.45) is 0 Å². The van der Waals surface area contributed by atoms with Crippen molar-refractivity contribution < 1.29 is 19.1 Å². The molecule has 2 aromatic rings. The van der Waals surface area contributed by atoms with Crippen molar-refractivity contribution in [1.82, 2.24) is 0 Å². The summed E-state index contributed by atoms with van der Waals surface area (Å²) in [4.78, 5) is 37.1. The number of Topliss-reactive ketones (excluding diaryl/α,β-unsaturated/α-hetero) is 1. The number of ketones is 1. The zero-order valence-electron chi connectivity index (χ0n) is 13.1. The number of methoxy groups -OCH3 is 1. The quantitative estimate of drug-likeness (QED) is 0.493. The molecular formula is C19H15NO4. The summed E-state index contributed by atoms with van der Waals surface area (Å²) in [5.74, 6) is -1.55. The molecule has 0 fully saturated rings. The van der Waals surface area contributed by atoms with Crippen LogP contribution in [0.5, 0.6) is 0 Å². The Labute approximate surface area is 139 Å². The standard InChI is InChI=1S/C19H15NO4/c1-24-17(21)10-8-13-7-9-16-15(11-13)18(22)19(23)20(16)12-14-5-3-2-4-6-14/h2-11H,12H2,1H3/b10-8+. The molecule has 2 aromatic carbocycles. The lowest BCUT2D eigenvalue weighted by molar-refractivity contribution is -0.134. The lowest BCUT2D eigenvalue weighted by Gasteiger charge is -2.16. The molecule has 0 saturated carbocycles. The number of esters is 1. The molecule has 0 N–H and O–H groups in total. The first kappa shape index (κ1) is 15.7. The maximum Gasteiger partial charge on any atom is 0.330 e. The number of anilines is 1. The van der Waals surface area contributed by atoms with Gasteiger partial charge in [-0.15, -0.1) is 0 Å². The van der Waals surface area contributed by atoms with E-state index in [1.54, 1.807) is 24.3 Å². The number of ether oxygens (including phenoxy) is 1. The van der Waals surface area contributed by atoms with E-state index >= 15 is 0 Å². The minimum Gasteiger partial charge on any atom is -0.466 e. The van der Waals surface area contributed by atoms with Crippen LogP contribution in [0, 0.1) is 0 Å². The Morgan fingerprint density at radius 3 is 2.58 bits per heavy atom. The van der Waals surface area contributed by atoms with Crippen molar-refractivity contribution in [1.29, 1.82) is 0 Å². The predicted octanol–water partition coefficient (Wildman–Crippen LogP) is 2.60. The molecule has 0 aromatic heterocycles. The highest BCUT2D eigenvalue weighted by atomic mass is 16.5. The van der Waals surface area contributed by atoms with Gasteiger partial charge in [0.1, 0.15) is 0 Å². The van der Waals surface area contributed by atoms with Crippen LogP contribution in [0.15, 0.2) is 54.6 Å². The Balaban J connectivity index is 1.90. The average Bonchev–Trinajstić information content (AvgIpc) is 2.85. The number of rotatable bonds is 4. The molecule has 0 atom stereocenters. The summed E-state index contributed by atoms with van der Waals surface area (Å²) in [5, 5.41) is 0. The first-order valence-electron chi connectivity index (χ1n) is 7.40. The maximum absolute atomic E-state index is 12.3. The fourth-order valence-corrected chi connectivity index (χ4v) is 2.58. The van der Waals surface area contributed by atoms with Crippen molar-refractivity contribution in [3.63, 3.8) is 0 Å². The third-order valence-corrected chi connectivity index (χ3v) is 3.79. The van der Waals surface area contributed by atoms with Crippen LogP contribution < -0.4 is 4.90 Å². The van der Waals surface area contributed by atoms with Crippen molar-refractivity contribution in [2.75, 3.05) is 12.0 Å². The summed E-state index contributed by atoms with van der Waals surface area (Å²) in [7, 11) is 1.29. The fourth-order valence-electron chi connectivity index (χ4n) is 2.58. The lowest BCUT2D eigenvalue weighted by atomic mass is 10.1. The largest absolute Gasteiger partial charge is 0.466 e. The van der Waals surface area contributed by atoms with Crippen LogP contribution in [0.25, 0.3) is 6.08 Å². The molecule has 5 nitrogen and oxygen atoms in total. The van der Waals surface area contributed by atoms with Gasteiger partial charge in [-0.1, -0.05) is 36.4 Å². The van der Waals surface area contributed by atoms with E-state index in [-0.39, 0.29) is 0 Å². The van der Waals surface area contributed by atoms with Gasteiger partial charge in [-0.2, -0.15) is 0 Å². The van der Waals surface area contributed by atoms with Gasteiger partial charge in [0.15, 0.2) is 0 Å². The molecule has 120 valence electrons. The van der Waals surface area contributed by atoms with E-state index in [0.29, 0.717) is 23.4 Å². The van der Waals surface area contributed by atoms with Gasteiger partial charge >= 0.3 is 5.97 Å². The van der Waals surface area contributed by atoms with Crippen LogP contribution in [0.2, 0.25) is 0 Å². The van der Waals surface area contributed by atoms with Gasteiger partial charge in [0.2, 0.25) is 0 Å². The maximum atomic E-state index is 12.3. The Morgan fingerprint density at radius 2 is 1.88 bits per heavy atom. The Bertz CT molecular complexity index is 840. The molecule has 1 amide bonds. The molecule has 3 rings (SSSR count). The molecule has 0 unspecified atom stereocenters. The summed E-state index contributed by atoms with van der Waals surface area (Å²) in [6.07, 6.45) is 2.81. The fraction of sp³-hybridized carbons (Fsp3) is 0.105. The number of carbonyl (C=O) groups is 3. The molecule has 5 heteroatoms. The summed E-state index contributed by atoms with van der Waals surface area (Å²) in [6, 6.07) is 14.6. The minimum atomic E-state index is -0.539. The van der Waals surface area contributed by atoms with Crippen LogP contribution >= 0.6 is 0 Å². The number of carbonyl (C=O) groups excluding carboxylic acids is 3. The van der Waals surface area contributed by atoms with Gasteiger partial charge in [-0.05, 0) is 29.3 Å². The second-order valence-corrected chi connectivity index (χ2v) is 5.34. The molecule has 1 aliphatic heterocycles. The summed E-state index contributed by atoms with van der Waals surface area (Å²) in [6.45, 7) is 0.343. The molecule has 0 saturated heterocycles. The van der Waals surface area contributed by atoms with Crippen molar-refractivity contribution in [2.45, 2.75) is 6.54 Å². The first-order chi connectivity index (χ1) is 11.6. The van der Waals surface area contributed by atoms with Crippen molar-refractivity contribution >= 4 is 29.4 Å². The number of benzene rings is 2. The predicted molar refractivity (Wildman–Crippen MR) is 89.5 cm³/mol. The number of hydrogen-bond acceptors (Lipinski definition) is 4. The Morgan fingerprint density at radius 1 is 1.12 bits per heavy atom. The highest BCUT2D eigenvalue weighted by Crippen LogP contribution is 2.31. The first-order valence-corrected chi connectivity index (χ1v) is 7.40. The monoisotopic (exact) mass is 321 g/mol. The van der Waals surface area contributed by atoms with E-state index in [4.69, 9.17) is 0 Å². The van der Waals surface area contributed by atoms with Crippen LogP contribution in [0.3, 0.4) is 0 Å². The van der Waals surface area contributed by atoms with Gasteiger partial charge < -0.3 is 9.64 Å². The zero-order chi connectivity index (χ0) is 17.1. The van der Waals surface area contributed by atoms with Gasteiger partial charge in [-0.25, -0.2) is 4.79 Å². The van der Waals surface area contributed by atoms with E-state index in [2.05, 4.69) is 4.74 Å².